The Balaban J connectivity index is 1.65. The van der Waals surface area contributed by atoms with Gasteiger partial charge in [-0.2, -0.15) is 5.10 Å². The Labute approximate surface area is 151 Å². The van der Waals surface area contributed by atoms with Crippen molar-refractivity contribution in [2.75, 3.05) is 0 Å². The summed E-state index contributed by atoms with van der Waals surface area (Å²) in [4.78, 5) is 17.6. The molecule has 26 heavy (non-hydrogen) atoms. The third-order valence-corrected chi connectivity index (χ3v) is 4.68. The van der Waals surface area contributed by atoms with Crippen LogP contribution in [0.15, 0.2) is 36.5 Å². The Bertz CT molecular complexity index is 958. The Morgan fingerprint density at radius 3 is 2.69 bits per heavy atom. The monoisotopic (exact) mass is 352 g/mol. The number of hydrogen-bond donors (Lipinski definition) is 1. The number of nitrogens with zero attached hydrogens (tertiary/aromatic N) is 3. The molecular weight excluding hydrogens is 331 g/mol. The molecule has 1 fully saturated rings. The second-order valence-electron chi connectivity index (χ2n) is 7.10. The van der Waals surface area contributed by atoms with E-state index in [1.807, 2.05) is 24.6 Å². The predicted octanol–water partition coefficient (Wildman–Crippen LogP) is 3.96. The lowest BCUT2D eigenvalue weighted by molar-refractivity contribution is 0.0952. The van der Waals surface area contributed by atoms with E-state index in [4.69, 9.17) is 4.98 Å². The lowest BCUT2D eigenvalue weighted by Gasteiger charge is -2.11. The molecule has 0 bridgehead atoms. The van der Waals surface area contributed by atoms with Crippen molar-refractivity contribution in [3.05, 3.63) is 59.2 Å². The number of aromatic nitrogens is 3. The van der Waals surface area contributed by atoms with E-state index in [1.54, 1.807) is 18.3 Å². The number of pyridine rings is 1. The van der Waals surface area contributed by atoms with Crippen LogP contribution in [0.3, 0.4) is 0 Å². The zero-order valence-corrected chi connectivity index (χ0v) is 14.9. The van der Waals surface area contributed by atoms with Crippen LogP contribution >= 0.6 is 0 Å². The zero-order chi connectivity index (χ0) is 18.3. The van der Waals surface area contributed by atoms with Crippen molar-refractivity contribution >= 4 is 16.9 Å². The predicted molar refractivity (Wildman–Crippen MR) is 97.5 cm³/mol. The van der Waals surface area contributed by atoms with Crippen molar-refractivity contribution in [3.63, 3.8) is 0 Å². The van der Waals surface area contributed by atoms with Gasteiger partial charge < -0.3 is 5.32 Å². The molecule has 1 amide bonds. The lowest BCUT2D eigenvalue weighted by Crippen LogP contribution is -2.23. The molecule has 0 spiro atoms. The average Bonchev–Trinajstić information content (AvgIpc) is 3.39. The highest BCUT2D eigenvalue weighted by atomic mass is 19.1. The average molecular weight is 352 g/mol. The first-order chi connectivity index (χ1) is 12.5. The maximum Gasteiger partial charge on any atom is 0.252 e. The normalized spacial score (nSPS) is 14.2. The molecule has 134 valence electrons. The smallest absolute Gasteiger partial charge is 0.252 e. The fourth-order valence-electron chi connectivity index (χ4n) is 3.07. The molecule has 0 saturated heterocycles. The van der Waals surface area contributed by atoms with Crippen molar-refractivity contribution in [3.8, 4) is 0 Å². The van der Waals surface area contributed by atoms with Gasteiger partial charge in [0.05, 0.1) is 17.1 Å². The number of amides is 1. The Hall–Kier alpha value is -2.76. The van der Waals surface area contributed by atoms with Gasteiger partial charge in [-0.05, 0) is 50.5 Å². The van der Waals surface area contributed by atoms with E-state index in [1.165, 1.54) is 12.1 Å². The molecule has 0 atom stereocenters. The van der Waals surface area contributed by atoms with Gasteiger partial charge in [0.2, 0.25) is 0 Å². The summed E-state index contributed by atoms with van der Waals surface area (Å²) in [7, 11) is 0. The van der Waals surface area contributed by atoms with Crippen LogP contribution in [0.1, 0.15) is 60.3 Å². The van der Waals surface area contributed by atoms with Crippen LogP contribution in [0.25, 0.3) is 11.0 Å². The van der Waals surface area contributed by atoms with Gasteiger partial charge in [-0.3, -0.25) is 4.79 Å². The number of hydrogen-bond acceptors (Lipinski definition) is 3. The summed E-state index contributed by atoms with van der Waals surface area (Å²) in [5.74, 6) is -0.00316. The molecule has 1 aromatic carbocycles. The minimum absolute atomic E-state index is 0.160. The van der Waals surface area contributed by atoms with Crippen LogP contribution in [0.4, 0.5) is 4.39 Å². The van der Waals surface area contributed by atoms with Gasteiger partial charge in [-0.25, -0.2) is 14.1 Å². The van der Waals surface area contributed by atoms with Gasteiger partial charge in [0, 0.05) is 24.2 Å². The SMILES string of the molecule is CC(C)n1ncc2c(C(=O)NCc3ccc(F)cc3)cc(C3CC3)nc21. The zero-order valence-electron chi connectivity index (χ0n) is 14.9. The maximum atomic E-state index is 13.0. The lowest BCUT2D eigenvalue weighted by atomic mass is 10.1. The molecular formula is C20H21FN4O. The van der Waals surface area contributed by atoms with Gasteiger partial charge in [-0.1, -0.05) is 12.1 Å². The summed E-state index contributed by atoms with van der Waals surface area (Å²) in [6.45, 7) is 4.44. The van der Waals surface area contributed by atoms with E-state index >= 15 is 0 Å². The van der Waals surface area contributed by atoms with Gasteiger partial charge in [-0.15, -0.1) is 0 Å². The molecule has 1 N–H and O–H groups in total. The van der Waals surface area contributed by atoms with E-state index in [-0.39, 0.29) is 17.8 Å². The number of fused-ring (bicyclic) bond motifs is 1. The van der Waals surface area contributed by atoms with E-state index < -0.39 is 0 Å². The van der Waals surface area contributed by atoms with Crippen LogP contribution < -0.4 is 5.32 Å². The summed E-state index contributed by atoms with van der Waals surface area (Å²) in [6, 6.07) is 8.19. The summed E-state index contributed by atoms with van der Waals surface area (Å²) in [6.07, 6.45) is 3.95. The third kappa shape index (κ3) is 3.19. The quantitative estimate of drug-likeness (QED) is 0.756. The number of carbonyl (C=O) groups is 1. The second kappa shape index (κ2) is 6.52. The Morgan fingerprint density at radius 2 is 2.04 bits per heavy atom. The molecule has 0 aliphatic heterocycles. The highest BCUT2D eigenvalue weighted by Gasteiger charge is 2.28. The molecule has 6 heteroatoms. The van der Waals surface area contributed by atoms with Crippen LogP contribution in [-0.2, 0) is 6.54 Å². The maximum absolute atomic E-state index is 13.0. The number of nitrogens with one attached hydrogen (secondary N) is 1. The minimum Gasteiger partial charge on any atom is -0.348 e. The molecule has 1 saturated carbocycles. The highest BCUT2D eigenvalue weighted by molar-refractivity contribution is 6.05. The fourth-order valence-corrected chi connectivity index (χ4v) is 3.07. The summed E-state index contributed by atoms with van der Waals surface area (Å²) >= 11 is 0. The van der Waals surface area contributed by atoms with Crippen molar-refractivity contribution in [2.45, 2.75) is 45.2 Å². The largest absolute Gasteiger partial charge is 0.348 e. The van der Waals surface area contributed by atoms with E-state index in [0.717, 1.165) is 35.1 Å². The van der Waals surface area contributed by atoms with E-state index in [2.05, 4.69) is 10.4 Å². The number of rotatable bonds is 5. The molecule has 1 aliphatic rings. The van der Waals surface area contributed by atoms with Gasteiger partial charge in [0.15, 0.2) is 5.65 Å². The number of carbonyl (C=O) groups excluding carboxylic acids is 1. The van der Waals surface area contributed by atoms with E-state index in [9.17, 15) is 9.18 Å². The van der Waals surface area contributed by atoms with Crippen molar-refractivity contribution in [1.29, 1.82) is 0 Å². The molecule has 0 radical (unpaired) electrons. The molecule has 4 rings (SSSR count). The third-order valence-electron chi connectivity index (χ3n) is 4.68. The van der Waals surface area contributed by atoms with Crippen LogP contribution in [0, 0.1) is 5.82 Å². The van der Waals surface area contributed by atoms with Gasteiger partial charge in [0.25, 0.3) is 5.91 Å². The first kappa shape index (κ1) is 16.7. The summed E-state index contributed by atoms with van der Waals surface area (Å²) < 4.78 is 14.9. The highest BCUT2D eigenvalue weighted by Crippen LogP contribution is 2.40. The molecule has 2 heterocycles. The van der Waals surface area contributed by atoms with Crippen LogP contribution in [-0.4, -0.2) is 20.7 Å². The van der Waals surface area contributed by atoms with Crippen molar-refractivity contribution in [2.24, 2.45) is 0 Å². The van der Waals surface area contributed by atoms with Crippen molar-refractivity contribution < 1.29 is 9.18 Å². The topological polar surface area (TPSA) is 59.8 Å². The number of benzene rings is 1. The molecule has 3 aromatic rings. The molecule has 5 nitrogen and oxygen atoms in total. The summed E-state index contributed by atoms with van der Waals surface area (Å²) in [5, 5.41) is 8.11. The Kier molecular flexibility index (Phi) is 4.18. The standard InChI is InChI=1S/C20H21FN4O/c1-12(2)25-19-17(11-23-25)16(9-18(24-19)14-5-6-14)20(26)22-10-13-3-7-15(21)8-4-13/h3-4,7-9,11-12,14H,5-6,10H2,1-2H3,(H,22,26). The van der Waals surface area contributed by atoms with E-state index in [0.29, 0.717) is 18.0 Å². The second-order valence-corrected chi connectivity index (χ2v) is 7.10. The molecule has 1 aliphatic carbocycles. The number of halogens is 1. The van der Waals surface area contributed by atoms with Gasteiger partial charge in [0.1, 0.15) is 5.82 Å². The first-order valence-electron chi connectivity index (χ1n) is 8.93. The van der Waals surface area contributed by atoms with Crippen LogP contribution in [0.5, 0.6) is 0 Å². The van der Waals surface area contributed by atoms with Gasteiger partial charge >= 0.3 is 0 Å². The Morgan fingerprint density at radius 1 is 1.31 bits per heavy atom. The molecule has 2 aromatic heterocycles. The van der Waals surface area contributed by atoms with Crippen LogP contribution in [0.2, 0.25) is 0 Å². The fraction of sp³-hybridized carbons (Fsp3) is 0.350. The summed E-state index contributed by atoms with van der Waals surface area (Å²) in [5.41, 5.74) is 3.18. The minimum atomic E-state index is -0.286. The molecule has 0 unspecified atom stereocenters. The van der Waals surface area contributed by atoms with Crippen molar-refractivity contribution in [1.82, 2.24) is 20.1 Å². The first-order valence-corrected chi connectivity index (χ1v) is 8.93.